The monoisotopic (exact) mass is 315 g/mol. The zero-order valence-corrected chi connectivity index (χ0v) is 10.9. The van der Waals surface area contributed by atoms with Crippen molar-refractivity contribution in [2.24, 2.45) is 17.2 Å². The van der Waals surface area contributed by atoms with Crippen molar-refractivity contribution in [2.75, 3.05) is 13.2 Å². The van der Waals surface area contributed by atoms with Gasteiger partial charge in [-0.05, 0) is 0 Å². The van der Waals surface area contributed by atoms with Crippen molar-refractivity contribution in [3.05, 3.63) is 0 Å². The Bertz CT molecular complexity index is 298. The number of hydrogen-bond acceptors (Lipinski definition) is 9. The third kappa shape index (κ3) is 18.2. The summed E-state index contributed by atoms with van der Waals surface area (Å²) in [7, 11) is 0. The van der Waals surface area contributed by atoms with Crippen LogP contribution < -0.4 is 17.2 Å². The Morgan fingerprint density at radius 3 is 1.57 bits per heavy atom. The second kappa shape index (κ2) is 14.6. The molecule has 0 fully saturated rings. The topological polar surface area (TPSA) is 251 Å². The zero-order chi connectivity index (χ0) is 17.6. The molecular weight excluding hydrogens is 294 g/mol. The molecule has 0 heterocycles. The molecule has 0 aliphatic rings. The number of aliphatic hydroxyl groups is 5. The predicted octanol–water partition coefficient (Wildman–Crippen LogP) is -5.33. The molecule has 0 saturated heterocycles. The summed E-state index contributed by atoms with van der Waals surface area (Å²) in [5, 5.41) is 51.1. The molecule has 0 aromatic heterocycles. The molecular formula is C9H21N3O9. The van der Waals surface area contributed by atoms with Gasteiger partial charge in [-0.25, -0.2) is 4.79 Å². The largest absolute Gasteiger partial charge is 0.480 e. The van der Waals surface area contributed by atoms with Crippen molar-refractivity contribution in [2.45, 2.75) is 24.4 Å². The lowest BCUT2D eigenvalue weighted by atomic mass is 10.0. The minimum Gasteiger partial charge on any atom is -0.480 e. The molecule has 126 valence electrons. The SMILES string of the molecule is NC(N)=O.NCC(=O)O.O=C[C@H](O)[C@@H](O)[C@H](O)[C@H](O)CO. The highest BCUT2D eigenvalue weighted by Gasteiger charge is 2.29. The molecule has 0 unspecified atom stereocenters. The Morgan fingerprint density at radius 1 is 1.05 bits per heavy atom. The van der Waals surface area contributed by atoms with Crippen LogP contribution >= 0.6 is 0 Å². The van der Waals surface area contributed by atoms with E-state index < -0.39 is 43.0 Å². The van der Waals surface area contributed by atoms with E-state index in [0.717, 1.165) is 0 Å². The van der Waals surface area contributed by atoms with E-state index in [9.17, 15) is 9.59 Å². The molecule has 0 rings (SSSR count). The maximum atomic E-state index is 9.90. The number of nitrogens with two attached hydrogens (primary N) is 3. The Kier molecular flexibility index (Phi) is 16.8. The molecule has 0 aliphatic carbocycles. The van der Waals surface area contributed by atoms with Crippen LogP contribution in [0, 0.1) is 0 Å². The van der Waals surface area contributed by atoms with E-state index in [0.29, 0.717) is 0 Å². The molecule has 0 aliphatic heterocycles. The van der Waals surface area contributed by atoms with E-state index in [1.165, 1.54) is 0 Å². The minimum atomic E-state index is -1.79. The average Bonchev–Trinajstić information content (AvgIpc) is 2.43. The van der Waals surface area contributed by atoms with Gasteiger partial charge in [-0.15, -0.1) is 0 Å². The van der Waals surface area contributed by atoms with E-state index in [2.05, 4.69) is 17.2 Å². The van der Waals surface area contributed by atoms with E-state index in [1.54, 1.807) is 0 Å². The number of primary amides is 2. The number of carbonyl (C=O) groups excluding carboxylic acids is 2. The van der Waals surface area contributed by atoms with Crippen LogP contribution in [0.3, 0.4) is 0 Å². The molecule has 0 aromatic carbocycles. The second-order valence-electron chi connectivity index (χ2n) is 3.36. The lowest BCUT2D eigenvalue weighted by Crippen LogP contribution is -2.46. The highest BCUT2D eigenvalue weighted by atomic mass is 16.4. The van der Waals surface area contributed by atoms with Gasteiger partial charge >= 0.3 is 12.0 Å². The number of amides is 2. The van der Waals surface area contributed by atoms with Crippen molar-refractivity contribution in [3.8, 4) is 0 Å². The number of aldehydes is 1. The molecule has 0 bridgehead atoms. The van der Waals surface area contributed by atoms with E-state index in [-0.39, 0.29) is 12.8 Å². The summed E-state index contributed by atoms with van der Waals surface area (Å²) in [5.41, 5.74) is 13.1. The van der Waals surface area contributed by atoms with Crippen LogP contribution in [0.25, 0.3) is 0 Å². The first kappa shape index (κ1) is 24.2. The Labute approximate surface area is 119 Å². The van der Waals surface area contributed by atoms with Crippen LogP contribution in [0.15, 0.2) is 0 Å². The Balaban J connectivity index is -0.000000297. The maximum absolute atomic E-state index is 9.90. The van der Waals surface area contributed by atoms with Crippen LogP contribution in [-0.4, -0.2) is 86.5 Å². The van der Waals surface area contributed by atoms with Gasteiger partial charge < -0.3 is 52.6 Å². The molecule has 0 spiro atoms. The third-order valence-corrected chi connectivity index (χ3v) is 1.60. The van der Waals surface area contributed by atoms with Crippen molar-refractivity contribution in [1.82, 2.24) is 0 Å². The summed E-state index contributed by atoms with van der Waals surface area (Å²) in [6.45, 7) is -1.04. The van der Waals surface area contributed by atoms with Gasteiger partial charge in [-0.2, -0.15) is 0 Å². The van der Waals surface area contributed by atoms with E-state index in [1.807, 2.05) is 0 Å². The average molecular weight is 315 g/mol. The van der Waals surface area contributed by atoms with Gasteiger partial charge in [0, 0.05) is 0 Å². The minimum absolute atomic E-state index is 0.0258. The highest BCUT2D eigenvalue weighted by Crippen LogP contribution is 2.02. The number of rotatable bonds is 6. The van der Waals surface area contributed by atoms with Crippen molar-refractivity contribution >= 4 is 18.3 Å². The molecule has 2 amide bonds. The van der Waals surface area contributed by atoms with Crippen molar-refractivity contribution in [3.63, 3.8) is 0 Å². The third-order valence-electron chi connectivity index (χ3n) is 1.60. The van der Waals surface area contributed by atoms with Crippen LogP contribution in [0.2, 0.25) is 0 Å². The molecule has 0 radical (unpaired) electrons. The number of carboxylic acids is 1. The molecule has 12 N–H and O–H groups in total. The quantitative estimate of drug-likeness (QED) is 0.210. The fourth-order valence-corrected chi connectivity index (χ4v) is 0.618. The zero-order valence-electron chi connectivity index (χ0n) is 10.9. The maximum Gasteiger partial charge on any atom is 0.317 e. The first-order chi connectivity index (χ1) is 9.54. The van der Waals surface area contributed by atoms with Crippen molar-refractivity contribution < 1.29 is 45.0 Å². The standard InChI is InChI=1S/C6H12O6.C2H5NO2.CH4N2O/c7-1-3(9)5(11)6(12)4(10)2-8;3-1-2(4)5;2-1(3)4/h1,3-6,8-12H,2H2;1,3H2,(H,4,5);(H4,2,3,4)/t3-,4+,5+,6+;;/m0../s1. The Morgan fingerprint density at radius 2 is 1.38 bits per heavy atom. The number of hydrogen-bond donors (Lipinski definition) is 9. The number of urea groups is 1. The van der Waals surface area contributed by atoms with Gasteiger partial charge in [0.25, 0.3) is 0 Å². The van der Waals surface area contributed by atoms with E-state index in [4.69, 9.17) is 35.4 Å². The lowest BCUT2D eigenvalue weighted by Gasteiger charge is -2.22. The van der Waals surface area contributed by atoms with Gasteiger partial charge in [0.05, 0.1) is 13.2 Å². The van der Waals surface area contributed by atoms with Gasteiger partial charge in [0.2, 0.25) is 0 Å². The van der Waals surface area contributed by atoms with Gasteiger partial charge in [0.15, 0.2) is 6.29 Å². The molecule has 4 atom stereocenters. The summed E-state index contributed by atoms with van der Waals surface area (Å²) in [4.78, 5) is 28.1. The molecule has 12 heteroatoms. The van der Waals surface area contributed by atoms with Gasteiger partial charge in [0.1, 0.15) is 24.4 Å². The fraction of sp³-hybridized carbons (Fsp3) is 0.667. The second-order valence-corrected chi connectivity index (χ2v) is 3.36. The lowest BCUT2D eigenvalue weighted by molar-refractivity contribution is -0.136. The first-order valence-electron chi connectivity index (χ1n) is 5.30. The smallest absolute Gasteiger partial charge is 0.317 e. The summed E-state index contributed by atoms with van der Waals surface area (Å²) in [5.74, 6) is -0.968. The van der Waals surface area contributed by atoms with Crippen molar-refractivity contribution in [1.29, 1.82) is 0 Å². The number of carbonyl (C=O) groups is 3. The fourth-order valence-electron chi connectivity index (χ4n) is 0.618. The number of carboxylic acid groups (broad SMARTS) is 1. The summed E-state index contributed by atoms with van der Waals surface area (Å²) >= 11 is 0. The van der Waals surface area contributed by atoms with Crippen LogP contribution in [-0.2, 0) is 9.59 Å². The van der Waals surface area contributed by atoms with Gasteiger partial charge in [-0.3, -0.25) is 4.79 Å². The molecule has 12 nitrogen and oxygen atoms in total. The first-order valence-corrected chi connectivity index (χ1v) is 5.30. The molecule has 0 saturated carbocycles. The van der Waals surface area contributed by atoms with Crippen LogP contribution in [0.1, 0.15) is 0 Å². The van der Waals surface area contributed by atoms with Crippen LogP contribution in [0.5, 0.6) is 0 Å². The normalized spacial score (nSPS) is 15.0. The molecule has 21 heavy (non-hydrogen) atoms. The number of aliphatic hydroxyl groups excluding tert-OH is 5. The van der Waals surface area contributed by atoms with E-state index >= 15 is 0 Å². The predicted molar refractivity (Wildman–Crippen MR) is 67.6 cm³/mol. The summed E-state index contributed by atoms with van der Waals surface area (Å²) in [6.07, 6.45) is -6.84. The summed E-state index contributed by atoms with van der Waals surface area (Å²) < 4.78 is 0. The highest BCUT2D eigenvalue weighted by molar-refractivity contribution is 5.69. The summed E-state index contributed by atoms with van der Waals surface area (Å²) in [6, 6.07) is -0.833. The number of aliphatic carboxylic acids is 1. The molecule has 0 aromatic rings. The Hall–Kier alpha value is -1.83. The van der Waals surface area contributed by atoms with Gasteiger partial charge in [-0.1, -0.05) is 0 Å². The van der Waals surface area contributed by atoms with Crippen LogP contribution in [0.4, 0.5) is 4.79 Å².